The zero-order valence-electron chi connectivity index (χ0n) is 7.87. The van der Waals surface area contributed by atoms with E-state index in [0.29, 0.717) is 6.61 Å². The lowest BCUT2D eigenvalue weighted by atomic mass is 10.4. The fourth-order valence-electron chi connectivity index (χ4n) is 0.203. The van der Waals surface area contributed by atoms with Crippen LogP contribution in [0.5, 0.6) is 0 Å². The molecule has 13 heavy (non-hydrogen) atoms. The van der Waals surface area contributed by atoms with Gasteiger partial charge < -0.3 is 15.6 Å². The molecule has 0 aromatic rings. The van der Waals surface area contributed by atoms with E-state index in [1.165, 1.54) is 6.92 Å². The first kappa shape index (κ1) is 14.0. The number of hydrogen-bond acceptors (Lipinski definition) is 3. The minimum absolute atomic E-state index is 0.176. The molecular weight excluding hydrogens is 174 g/mol. The maximum atomic E-state index is 9.76. The van der Waals surface area contributed by atoms with Crippen LogP contribution in [-0.4, -0.2) is 23.8 Å². The maximum Gasteiger partial charge on any atom is 0.404 e. The summed E-state index contributed by atoms with van der Waals surface area (Å²) in [6.45, 7) is 6.93. The summed E-state index contributed by atoms with van der Waals surface area (Å²) >= 11 is 0. The molecule has 0 unspecified atom stereocenters. The summed E-state index contributed by atoms with van der Waals surface area (Å²) in [6.07, 6.45) is 0.130. The van der Waals surface area contributed by atoms with Gasteiger partial charge in [0, 0.05) is 5.57 Å². The molecule has 0 heterocycles. The highest BCUT2D eigenvalue weighted by molar-refractivity contribution is 5.84. The van der Waals surface area contributed by atoms with Crippen LogP contribution in [-0.2, 0) is 9.53 Å². The van der Waals surface area contributed by atoms with Gasteiger partial charge in [0.1, 0.15) is 0 Å². The largest absolute Gasteiger partial charge is 0.478 e. The highest BCUT2D eigenvalue weighted by Gasteiger charge is 1.90. The number of amides is 1. The lowest BCUT2D eigenvalue weighted by molar-refractivity contribution is -0.132. The summed E-state index contributed by atoms with van der Waals surface area (Å²) < 4.78 is 4.33. The molecular formula is C8H15NO4. The monoisotopic (exact) mass is 189 g/mol. The molecule has 3 N–H and O–H groups in total. The molecule has 0 aromatic heterocycles. The van der Waals surface area contributed by atoms with Crippen molar-refractivity contribution in [2.24, 2.45) is 5.73 Å². The highest BCUT2D eigenvalue weighted by atomic mass is 16.5. The molecule has 0 bridgehead atoms. The number of primary amides is 1. The molecule has 0 radical (unpaired) electrons. The molecule has 0 aliphatic carbocycles. The molecule has 0 saturated heterocycles. The van der Waals surface area contributed by atoms with Gasteiger partial charge in [0.15, 0.2) is 0 Å². The molecule has 76 valence electrons. The van der Waals surface area contributed by atoms with Crippen molar-refractivity contribution in [3.05, 3.63) is 12.2 Å². The summed E-state index contributed by atoms with van der Waals surface area (Å²) in [5.74, 6) is -0.935. The SMILES string of the molecule is C=C(C)C(=O)O.CCCOC(N)=O. The number of carboxylic acid groups (broad SMARTS) is 1. The van der Waals surface area contributed by atoms with Crippen LogP contribution in [0.25, 0.3) is 0 Å². The normalized spacial score (nSPS) is 7.85. The van der Waals surface area contributed by atoms with Gasteiger partial charge in [0.25, 0.3) is 0 Å². The van der Waals surface area contributed by atoms with Gasteiger partial charge in [-0.25, -0.2) is 9.59 Å². The Morgan fingerprint density at radius 2 is 1.92 bits per heavy atom. The number of ether oxygens (including phenoxy) is 1. The minimum atomic E-state index is -0.935. The molecule has 0 fully saturated rings. The number of carboxylic acids is 1. The van der Waals surface area contributed by atoms with E-state index >= 15 is 0 Å². The molecule has 0 rings (SSSR count). The number of aliphatic carboxylic acids is 1. The molecule has 1 amide bonds. The summed E-state index contributed by atoms with van der Waals surface area (Å²) in [7, 11) is 0. The van der Waals surface area contributed by atoms with Crippen LogP contribution >= 0.6 is 0 Å². The molecule has 0 aliphatic rings. The van der Waals surface area contributed by atoms with Crippen LogP contribution in [0.1, 0.15) is 20.3 Å². The van der Waals surface area contributed by atoms with Gasteiger partial charge in [-0.2, -0.15) is 0 Å². The van der Waals surface area contributed by atoms with Gasteiger partial charge >= 0.3 is 12.1 Å². The Morgan fingerprint density at radius 1 is 1.54 bits per heavy atom. The van der Waals surface area contributed by atoms with Gasteiger partial charge in [-0.15, -0.1) is 0 Å². The van der Waals surface area contributed by atoms with Crippen molar-refractivity contribution < 1.29 is 19.4 Å². The van der Waals surface area contributed by atoms with Crippen molar-refractivity contribution in [2.45, 2.75) is 20.3 Å². The Kier molecular flexibility index (Phi) is 9.25. The molecule has 5 nitrogen and oxygen atoms in total. The summed E-state index contributed by atoms with van der Waals surface area (Å²) in [5, 5.41) is 7.89. The third kappa shape index (κ3) is 17.9. The second-order valence-electron chi connectivity index (χ2n) is 2.25. The Bertz CT molecular complexity index is 177. The second kappa shape index (κ2) is 8.58. The Labute approximate surface area is 77.2 Å². The van der Waals surface area contributed by atoms with E-state index in [9.17, 15) is 9.59 Å². The van der Waals surface area contributed by atoms with Gasteiger partial charge in [0.2, 0.25) is 0 Å². The molecule has 0 aliphatic heterocycles. The van der Waals surface area contributed by atoms with Crippen molar-refractivity contribution in [3.63, 3.8) is 0 Å². The zero-order valence-corrected chi connectivity index (χ0v) is 7.87. The van der Waals surface area contributed by atoms with Crippen molar-refractivity contribution in [1.29, 1.82) is 0 Å². The molecule has 0 spiro atoms. The fraction of sp³-hybridized carbons (Fsp3) is 0.500. The van der Waals surface area contributed by atoms with E-state index in [2.05, 4.69) is 17.0 Å². The quantitative estimate of drug-likeness (QED) is 0.651. The van der Waals surface area contributed by atoms with Crippen molar-refractivity contribution in [3.8, 4) is 0 Å². The Hall–Kier alpha value is -1.52. The number of hydrogen-bond donors (Lipinski definition) is 2. The average Bonchev–Trinajstić information content (AvgIpc) is 2.01. The fourth-order valence-corrected chi connectivity index (χ4v) is 0.203. The topological polar surface area (TPSA) is 89.6 Å². The number of carbonyl (C=O) groups is 2. The lowest BCUT2D eigenvalue weighted by Crippen LogP contribution is -2.12. The third-order valence-corrected chi connectivity index (χ3v) is 0.814. The minimum Gasteiger partial charge on any atom is -0.478 e. The molecule has 0 saturated carbocycles. The van der Waals surface area contributed by atoms with Gasteiger partial charge in [-0.1, -0.05) is 13.5 Å². The van der Waals surface area contributed by atoms with E-state index in [1.807, 2.05) is 6.92 Å². The first-order valence-electron chi connectivity index (χ1n) is 3.72. The van der Waals surface area contributed by atoms with E-state index in [-0.39, 0.29) is 5.57 Å². The van der Waals surface area contributed by atoms with Crippen LogP contribution in [0.2, 0.25) is 0 Å². The summed E-state index contributed by atoms with van der Waals surface area (Å²) in [6, 6.07) is 0. The predicted octanol–water partition coefficient (Wildman–Crippen LogP) is 1.14. The van der Waals surface area contributed by atoms with Crippen LogP contribution in [0.3, 0.4) is 0 Å². The zero-order chi connectivity index (χ0) is 10.9. The van der Waals surface area contributed by atoms with Crippen LogP contribution < -0.4 is 5.73 Å². The van der Waals surface area contributed by atoms with Crippen molar-refractivity contribution >= 4 is 12.1 Å². The summed E-state index contributed by atoms with van der Waals surface area (Å²) in [4.78, 5) is 19.4. The third-order valence-electron chi connectivity index (χ3n) is 0.814. The van der Waals surface area contributed by atoms with Crippen LogP contribution in [0.4, 0.5) is 4.79 Å². The number of nitrogens with two attached hydrogens (primary N) is 1. The molecule has 0 aromatic carbocycles. The van der Waals surface area contributed by atoms with E-state index in [0.717, 1.165) is 6.42 Å². The lowest BCUT2D eigenvalue weighted by Gasteiger charge is -1.93. The Balaban J connectivity index is 0. The molecule has 5 heteroatoms. The van der Waals surface area contributed by atoms with Crippen LogP contribution in [0.15, 0.2) is 12.2 Å². The van der Waals surface area contributed by atoms with E-state index < -0.39 is 12.1 Å². The highest BCUT2D eigenvalue weighted by Crippen LogP contribution is 1.81. The van der Waals surface area contributed by atoms with E-state index in [4.69, 9.17) is 5.11 Å². The van der Waals surface area contributed by atoms with Crippen molar-refractivity contribution in [2.75, 3.05) is 6.61 Å². The first-order chi connectivity index (χ1) is 5.91. The van der Waals surface area contributed by atoms with Crippen molar-refractivity contribution in [1.82, 2.24) is 0 Å². The first-order valence-corrected chi connectivity index (χ1v) is 3.72. The summed E-state index contributed by atoms with van der Waals surface area (Å²) in [5.41, 5.74) is 4.79. The standard InChI is InChI=1S/C4H9NO2.C4H6O2/c1-2-3-7-4(5)6;1-3(2)4(5)6/h2-3H2,1H3,(H2,5,6);1H2,2H3,(H,5,6). The average molecular weight is 189 g/mol. The van der Waals surface area contributed by atoms with Gasteiger partial charge in [0.05, 0.1) is 6.61 Å². The number of carbonyl (C=O) groups excluding carboxylic acids is 1. The Morgan fingerprint density at radius 3 is 2.00 bits per heavy atom. The molecule has 0 atom stereocenters. The van der Waals surface area contributed by atoms with Gasteiger partial charge in [-0.3, -0.25) is 0 Å². The predicted molar refractivity (Wildman–Crippen MR) is 48.3 cm³/mol. The van der Waals surface area contributed by atoms with Crippen LogP contribution in [0, 0.1) is 0 Å². The number of rotatable bonds is 3. The second-order valence-corrected chi connectivity index (χ2v) is 2.25. The maximum absolute atomic E-state index is 9.76. The smallest absolute Gasteiger partial charge is 0.404 e. The van der Waals surface area contributed by atoms with E-state index in [1.54, 1.807) is 0 Å². The van der Waals surface area contributed by atoms with Gasteiger partial charge in [-0.05, 0) is 13.3 Å².